The van der Waals surface area contributed by atoms with Crippen molar-refractivity contribution in [3.63, 3.8) is 0 Å². The molecule has 0 spiro atoms. The van der Waals surface area contributed by atoms with Crippen molar-refractivity contribution in [1.82, 2.24) is 25.2 Å². The molecular formula is C21H18F2N6O2. The summed E-state index contributed by atoms with van der Waals surface area (Å²) < 4.78 is 37.1. The predicted molar refractivity (Wildman–Crippen MR) is 107 cm³/mol. The van der Waals surface area contributed by atoms with E-state index in [0.717, 1.165) is 35.7 Å². The van der Waals surface area contributed by atoms with Gasteiger partial charge in [-0.25, -0.2) is 4.68 Å². The standard InChI is InChI=1S/C21H18F2N6O2/c22-19(23)21-27-26-20(31-21)14-6-4-13(5-7-14)9-29-10-18(25-28-29)15-2-1-3-16(8-15)24-17-11-30-12-17/h1-8,10,17,19,24H,9,11-12H2. The van der Waals surface area contributed by atoms with E-state index in [0.29, 0.717) is 18.2 Å². The third-order valence-corrected chi connectivity index (χ3v) is 4.88. The van der Waals surface area contributed by atoms with Gasteiger partial charge in [0, 0.05) is 16.8 Å². The van der Waals surface area contributed by atoms with Crippen LogP contribution in [-0.4, -0.2) is 44.4 Å². The number of rotatable bonds is 7. The SMILES string of the molecule is FC(F)c1nnc(-c2ccc(Cn3cc(-c4cccc(NC5COC5)c4)nn3)cc2)o1. The number of hydrogen-bond donors (Lipinski definition) is 1. The average Bonchev–Trinajstić information content (AvgIpc) is 3.42. The van der Waals surface area contributed by atoms with Crippen molar-refractivity contribution in [2.75, 3.05) is 18.5 Å². The summed E-state index contributed by atoms with van der Waals surface area (Å²) >= 11 is 0. The van der Waals surface area contributed by atoms with Gasteiger partial charge in [-0.05, 0) is 29.8 Å². The zero-order valence-corrected chi connectivity index (χ0v) is 16.3. The summed E-state index contributed by atoms with van der Waals surface area (Å²) in [6, 6.07) is 15.6. The van der Waals surface area contributed by atoms with Gasteiger partial charge in [0.2, 0.25) is 5.89 Å². The summed E-state index contributed by atoms with van der Waals surface area (Å²) in [5, 5.41) is 18.9. The first-order valence-electron chi connectivity index (χ1n) is 9.70. The number of alkyl halides is 2. The lowest BCUT2D eigenvalue weighted by atomic mass is 10.1. The molecule has 1 saturated heterocycles. The van der Waals surface area contributed by atoms with Gasteiger partial charge in [0.15, 0.2) is 0 Å². The molecule has 31 heavy (non-hydrogen) atoms. The van der Waals surface area contributed by atoms with Crippen LogP contribution in [0.3, 0.4) is 0 Å². The van der Waals surface area contributed by atoms with Gasteiger partial charge < -0.3 is 14.5 Å². The molecule has 10 heteroatoms. The summed E-state index contributed by atoms with van der Waals surface area (Å²) in [5.74, 6) is -0.624. The lowest BCUT2D eigenvalue weighted by Crippen LogP contribution is -2.40. The largest absolute Gasteiger partial charge is 0.415 e. The van der Waals surface area contributed by atoms with Crippen molar-refractivity contribution < 1.29 is 17.9 Å². The molecule has 1 aliphatic rings. The maximum Gasteiger partial charge on any atom is 0.314 e. The van der Waals surface area contributed by atoms with Crippen LogP contribution < -0.4 is 5.32 Å². The number of anilines is 1. The third kappa shape index (κ3) is 4.29. The van der Waals surface area contributed by atoms with Gasteiger partial charge in [-0.1, -0.05) is 29.5 Å². The summed E-state index contributed by atoms with van der Waals surface area (Å²) in [4.78, 5) is 0. The molecule has 4 aromatic rings. The predicted octanol–water partition coefficient (Wildman–Crippen LogP) is 3.79. The third-order valence-electron chi connectivity index (χ3n) is 4.88. The van der Waals surface area contributed by atoms with E-state index < -0.39 is 12.3 Å². The van der Waals surface area contributed by atoms with Gasteiger partial charge in [0.05, 0.1) is 32.0 Å². The van der Waals surface area contributed by atoms with Crippen LogP contribution in [0.15, 0.2) is 59.1 Å². The summed E-state index contributed by atoms with van der Waals surface area (Å²) in [6.45, 7) is 1.95. The second kappa shape index (κ2) is 8.23. The van der Waals surface area contributed by atoms with Crippen LogP contribution in [0.4, 0.5) is 14.5 Å². The molecule has 2 aromatic carbocycles. The highest BCUT2D eigenvalue weighted by atomic mass is 19.3. The molecule has 0 amide bonds. The van der Waals surface area contributed by atoms with E-state index in [9.17, 15) is 8.78 Å². The minimum absolute atomic E-state index is 0.0619. The quantitative estimate of drug-likeness (QED) is 0.483. The van der Waals surface area contributed by atoms with E-state index >= 15 is 0 Å². The maximum atomic E-state index is 12.6. The van der Waals surface area contributed by atoms with E-state index in [1.807, 2.05) is 42.6 Å². The van der Waals surface area contributed by atoms with Crippen LogP contribution in [0.5, 0.6) is 0 Å². The second-order valence-electron chi connectivity index (χ2n) is 7.20. The number of halogens is 2. The molecule has 1 aliphatic heterocycles. The first kappa shape index (κ1) is 19.3. The fraction of sp³-hybridized carbons (Fsp3) is 0.238. The lowest BCUT2D eigenvalue weighted by molar-refractivity contribution is 0.0211. The smallest absolute Gasteiger partial charge is 0.314 e. The molecule has 1 fully saturated rings. The van der Waals surface area contributed by atoms with Gasteiger partial charge >= 0.3 is 6.43 Å². The molecule has 5 rings (SSSR count). The fourth-order valence-electron chi connectivity index (χ4n) is 3.21. The highest BCUT2D eigenvalue weighted by Crippen LogP contribution is 2.24. The van der Waals surface area contributed by atoms with Crippen LogP contribution in [0, 0.1) is 0 Å². The van der Waals surface area contributed by atoms with Crippen LogP contribution >= 0.6 is 0 Å². The highest BCUT2D eigenvalue weighted by molar-refractivity contribution is 5.64. The molecule has 8 nitrogen and oxygen atoms in total. The van der Waals surface area contributed by atoms with Crippen molar-refractivity contribution in [2.24, 2.45) is 0 Å². The number of ether oxygens (including phenoxy) is 1. The van der Waals surface area contributed by atoms with Gasteiger partial charge in [-0.3, -0.25) is 0 Å². The first-order valence-corrected chi connectivity index (χ1v) is 9.70. The van der Waals surface area contributed by atoms with Gasteiger partial charge in [-0.15, -0.1) is 15.3 Å². The minimum atomic E-state index is -2.79. The number of aromatic nitrogens is 5. The Morgan fingerprint density at radius 3 is 2.58 bits per heavy atom. The Morgan fingerprint density at radius 2 is 1.87 bits per heavy atom. The molecule has 1 N–H and O–H groups in total. The van der Waals surface area contributed by atoms with E-state index in [1.54, 1.807) is 16.8 Å². The molecule has 158 valence electrons. The van der Waals surface area contributed by atoms with Crippen LogP contribution in [-0.2, 0) is 11.3 Å². The summed E-state index contributed by atoms with van der Waals surface area (Å²) in [6.07, 6.45) is -0.905. The van der Waals surface area contributed by atoms with Crippen molar-refractivity contribution in [3.05, 3.63) is 66.2 Å². The van der Waals surface area contributed by atoms with Gasteiger partial charge in [0.25, 0.3) is 5.89 Å². The molecule has 0 bridgehead atoms. The zero-order valence-electron chi connectivity index (χ0n) is 16.3. The van der Waals surface area contributed by atoms with E-state index in [1.165, 1.54) is 0 Å². The van der Waals surface area contributed by atoms with Crippen LogP contribution in [0.25, 0.3) is 22.7 Å². The molecule has 2 aromatic heterocycles. The lowest BCUT2D eigenvalue weighted by Gasteiger charge is -2.27. The van der Waals surface area contributed by atoms with E-state index in [-0.39, 0.29) is 5.89 Å². The number of hydrogen-bond acceptors (Lipinski definition) is 7. The molecule has 3 heterocycles. The molecule has 0 saturated carbocycles. The van der Waals surface area contributed by atoms with E-state index in [2.05, 4.69) is 25.8 Å². The summed E-state index contributed by atoms with van der Waals surface area (Å²) in [7, 11) is 0. The molecule has 0 radical (unpaired) electrons. The topological polar surface area (TPSA) is 90.9 Å². The van der Waals surface area contributed by atoms with E-state index in [4.69, 9.17) is 9.15 Å². The molecule has 0 unspecified atom stereocenters. The molecular weight excluding hydrogens is 406 g/mol. The minimum Gasteiger partial charge on any atom is -0.415 e. The Kier molecular flexibility index (Phi) is 5.13. The van der Waals surface area contributed by atoms with Crippen LogP contribution in [0.1, 0.15) is 17.9 Å². The molecule has 0 aliphatic carbocycles. The van der Waals surface area contributed by atoms with Gasteiger partial charge in [0.1, 0.15) is 5.69 Å². The first-order chi connectivity index (χ1) is 15.1. The Bertz CT molecular complexity index is 1170. The summed E-state index contributed by atoms with van der Waals surface area (Å²) in [5.41, 5.74) is 4.30. The van der Waals surface area contributed by atoms with Crippen LogP contribution in [0.2, 0.25) is 0 Å². The molecule has 0 atom stereocenters. The Labute approximate surface area is 175 Å². The monoisotopic (exact) mass is 424 g/mol. The van der Waals surface area contributed by atoms with Gasteiger partial charge in [-0.2, -0.15) is 8.78 Å². The Morgan fingerprint density at radius 1 is 1.03 bits per heavy atom. The Hall–Kier alpha value is -3.66. The van der Waals surface area contributed by atoms with Crippen molar-refractivity contribution in [1.29, 1.82) is 0 Å². The normalized spacial score (nSPS) is 14.0. The second-order valence-corrected chi connectivity index (χ2v) is 7.20. The maximum absolute atomic E-state index is 12.6. The zero-order chi connectivity index (χ0) is 21.2. The average molecular weight is 424 g/mol. The fourth-order valence-corrected chi connectivity index (χ4v) is 3.21. The van der Waals surface area contributed by atoms with Crippen molar-refractivity contribution >= 4 is 5.69 Å². The number of nitrogens with zero attached hydrogens (tertiary/aromatic N) is 5. The number of benzene rings is 2. The van der Waals surface area contributed by atoms with Crippen molar-refractivity contribution in [3.8, 4) is 22.7 Å². The highest BCUT2D eigenvalue weighted by Gasteiger charge is 2.18. The number of nitrogens with one attached hydrogen (secondary N) is 1. The van der Waals surface area contributed by atoms with Crippen molar-refractivity contribution in [2.45, 2.75) is 19.0 Å². The Balaban J connectivity index is 1.26.